The van der Waals surface area contributed by atoms with E-state index < -0.39 is 5.97 Å². The van der Waals surface area contributed by atoms with Crippen molar-refractivity contribution in [1.29, 1.82) is 0 Å². The molecule has 1 rings (SSSR count). The second-order valence-electron chi connectivity index (χ2n) is 4.01. The van der Waals surface area contributed by atoms with Gasteiger partial charge >= 0.3 is 5.97 Å². The molecule has 0 spiro atoms. The Morgan fingerprint density at radius 1 is 1.69 bits per heavy atom. The van der Waals surface area contributed by atoms with Crippen molar-refractivity contribution in [3.8, 4) is 0 Å². The fourth-order valence-corrected chi connectivity index (χ4v) is 1.69. The van der Waals surface area contributed by atoms with Gasteiger partial charge in [-0.1, -0.05) is 13.3 Å². The molecule has 13 heavy (non-hydrogen) atoms. The average molecular weight is 185 g/mol. The Morgan fingerprint density at radius 3 is 2.85 bits per heavy atom. The van der Waals surface area contributed by atoms with Crippen LogP contribution in [-0.4, -0.2) is 23.2 Å². The molecule has 0 aromatic heterocycles. The number of hydrogen-bond acceptors (Lipinski definition) is 2. The van der Waals surface area contributed by atoms with Crippen molar-refractivity contribution in [2.45, 2.75) is 51.6 Å². The molecular formula is C10H19NO2. The van der Waals surface area contributed by atoms with Crippen LogP contribution in [0.25, 0.3) is 0 Å². The van der Waals surface area contributed by atoms with E-state index in [-0.39, 0.29) is 6.42 Å². The summed E-state index contributed by atoms with van der Waals surface area (Å²) in [6.07, 6.45) is 3.52. The van der Waals surface area contributed by atoms with Crippen molar-refractivity contribution in [3.05, 3.63) is 0 Å². The molecular weight excluding hydrogens is 166 g/mol. The van der Waals surface area contributed by atoms with Gasteiger partial charge in [-0.25, -0.2) is 0 Å². The number of rotatable bonds is 6. The first kappa shape index (κ1) is 10.5. The monoisotopic (exact) mass is 185 g/mol. The third-order valence-electron chi connectivity index (χ3n) is 2.74. The lowest BCUT2D eigenvalue weighted by molar-refractivity contribution is -0.137. The lowest BCUT2D eigenvalue weighted by Crippen LogP contribution is -2.29. The van der Waals surface area contributed by atoms with Gasteiger partial charge in [0.05, 0.1) is 0 Å². The lowest BCUT2D eigenvalue weighted by Gasteiger charge is -2.11. The Labute approximate surface area is 79.5 Å². The van der Waals surface area contributed by atoms with Gasteiger partial charge in [-0.05, 0) is 25.7 Å². The highest BCUT2D eigenvalue weighted by atomic mass is 16.4. The molecule has 3 atom stereocenters. The fraction of sp³-hybridized carbons (Fsp3) is 0.900. The molecule has 0 heterocycles. The zero-order valence-corrected chi connectivity index (χ0v) is 8.42. The first-order valence-electron chi connectivity index (χ1n) is 5.11. The molecule has 3 heteroatoms. The predicted octanol–water partition coefficient (Wildman–Crippen LogP) is 1.63. The molecule has 0 aromatic carbocycles. The van der Waals surface area contributed by atoms with Gasteiger partial charge in [0.2, 0.25) is 0 Å². The molecule has 76 valence electrons. The molecule has 0 amide bonds. The van der Waals surface area contributed by atoms with Crippen LogP contribution in [0.15, 0.2) is 0 Å². The Morgan fingerprint density at radius 2 is 2.38 bits per heavy atom. The first-order chi connectivity index (χ1) is 6.13. The van der Waals surface area contributed by atoms with Crippen LogP contribution in [0.5, 0.6) is 0 Å². The number of carboxylic acid groups (broad SMARTS) is 1. The molecule has 0 bridgehead atoms. The fourth-order valence-electron chi connectivity index (χ4n) is 1.69. The van der Waals surface area contributed by atoms with E-state index in [2.05, 4.69) is 19.2 Å². The van der Waals surface area contributed by atoms with Gasteiger partial charge in [-0.15, -0.1) is 0 Å². The molecule has 0 aliphatic heterocycles. The summed E-state index contributed by atoms with van der Waals surface area (Å²) in [5.74, 6) is 0.142. The molecule has 1 saturated carbocycles. The molecule has 3 nitrogen and oxygen atoms in total. The van der Waals surface area contributed by atoms with Gasteiger partial charge in [0.1, 0.15) is 0 Å². The van der Waals surface area contributed by atoms with Crippen LogP contribution in [0.3, 0.4) is 0 Å². The average Bonchev–Trinajstić information content (AvgIpc) is 2.80. The zero-order chi connectivity index (χ0) is 9.84. The van der Waals surface area contributed by atoms with Crippen LogP contribution in [0.4, 0.5) is 0 Å². The number of aliphatic carboxylic acids is 1. The normalized spacial score (nSPS) is 28.5. The predicted molar refractivity (Wildman–Crippen MR) is 51.7 cm³/mol. The molecule has 1 aliphatic rings. The van der Waals surface area contributed by atoms with E-state index in [1.165, 1.54) is 12.8 Å². The van der Waals surface area contributed by atoms with Crippen molar-refractivity contribution in [2.75, 3.05) is 0 Å². The third kappa shape index (κ3) is 3.77. The maximum atomic E-state index is 10.3. The molecule has 3 unspecified atom stereocenters. The van der Waals surface area contributed by atoms with Crippen LogP contribution < -0.4 is 5.32 Å². The van der Waals surface area contributed by atoms with Gasteiger partial charge in [-0.2, -0.15) is 0 Å². The molecule has 2 N–H and O–H groups in total. The van der Waals surface area contributed by atoms with Crippen molar-refractivity contribution in [2.24, 2.45) is 5.92 Å². The van der Waals surface area contributed by atoms with Crippen LogP contribution >= 0.6 is 0 Å². The summed E-state index contributed by atoms with van der Waals surface area (Å²) in [4.78, 5) is 10.3. The molecule has 0 saturated heterocycles. The minimum atomic E-state index is -0.698. The number of nitrogens with one attached hydrogen (secondary N) is 1. The van der Waals surface area contributed by atoms with E-state index >= 15 is 0 Å². The van der Waals surface area contributed by atoms with Gasteiger partial charge < -0.3 is 10.4 Å². The van der Waals surface area contributed by atoms with E-state index in [0.717, 1.165) is 12.3 Å². The number of carbonyl (C=O) groups is 1. The Hall–Kier alpha value is -0.570. The van der Waals surface area contributed by atoms with Gasteiger partial charge in [0, 0.05) is 18.5 Å². The second kappa shape index (κ2) is 4.61. The van der Waals surface area contributed by atoms with E-state index in [0.29, 0.717) is 12.1 Å². The van der Waals surface area contributed by atoms with E-state index in [9.17, 15) is 4.79 Å². The van der Waals surface area contributed by atoms with Crippen LogP contribution in [0, 0.1) is 5.92 Å². The quantitative estimate of drug-likeness (QED) is 0.661. The van der Waals surface area contributed by atoms with E-state index in [4.69, 9.17) is 5.11 Å². The Kier molecular flexibility index (Phi) is 3.72. The van der Waals surface area contributed by atoms with Crippen LogP contribution in [-0.2, 0) is 4.79 Å². The third-order valence-corrected chi connectivity index (χ3v) is 2.74. The van der Waals surface area contributed by atoms with Crippen molar-refractivity contribution in [3.63, 3.8) is 0 Å². The highest BCUT2D eigenvalue weighted by molar-refractivity contribution is 5.66. The topological polar surface area (TPSA) is 49.3 Å². The van der Waals surface area contributed by atoms with Crippen molar-refractivity contribution >= 4 is 5.97 Å². The minimum Gasteiger partial charge on any atom is -0.481 e. The lowest BCUT2D eigenvalue weighted by atomic mass is 10.2. The highest BCUT2D eigenvalue weighted by Crippen LogP contribution is 2.33. The van der Waals surface area contributed by atoms with E-state index in [1.54, 1.807) is 0 Å². The summed E-state index contributed by atoms with van der Waals surface area (Å²) in [6.45, 7) is 4.27. The van der Waals surface area contributed by atoms with Crippen LogP contribution in [0.1, 0.15) is 39.5 Å². The Bertz CT molecular complexity index is 182. The maximum absolute atomic E-state index is 10.3. The summed E-state index contributed by atoms with van der Waals surface area (Å²) in [5, 5.41) is 11.9. The molecule has 0 aromatic rings. The number of hydrogen-bond donors (Lipinski definition) is 2. The van der Waals surface area contributed by atoms with Gasteiger partial charge in [0.25, 0.3) is 0 Å². The standard InChI is InChI=1S/C10H19NO2/c1-3-8-6-9(8)11-7(2)4-5-10(12)13/h7-9,11H,3-6H2,1-2H3,(H,12,13). The van der Waals surface area contributed by atoms with Crippen molar-refractivity contribution in [1.82, 2.24) is 5.32 Å². The van der Waals surface area contributed by atoms with Gasteiger partial charge in [0.15, 0.2) is 0 Å². The summed E-state index contributed by atoms with van der Waals surface area (Å²) in [6, 6.07) is 1.01. The smallest absolute Gasteiger partial charge is 0.303 e. The molecule has 0 radical (unpaired) electrons. The summed E-state index contributed by atoms with van der Waals surface area (Å²) >= 11 is 0. The number of carboxylic acids is 1. The molecule has 1 fully saturated rings. The maximum Gasteiger partial charge on any atom is 0.303 e. The summed E-state index contributed by atoms with van der Waals surface area (Å²) in [7, 11) is 0. The SMILES string of the molecule is CCC1CC1NC(C)CCC(=O)O. The highest BCUT2D eigenvalue weighted by Gasteiger charge is 2.35. The molecule has 1 aliphatic carbocycles. The first-order valence-corrected chi connectivity index (χ1v) is 5.11. The summed E-state index contributed by atoms with van der Waals surface area (Å²) < 4.78 is 0. The van der Waals surface area contributed by atoms with Crippen LogP contribution in [0.2, 0.25) is 0 Å². The Balaban J connectivity index is 2.05. The largest absolute Gasteiger partial charge is 0.481 e. The minimum absolute atomic E-state index is 0.275. The van der Waals surface area contributed by atoms with E-state index in [1.807, 2.05) is 0 Å². The van der Waals surface area contributed by atoms with Crippen molar-refractivity contribution < 1.29 is 9.90 Å². The zero-order valence-electron chi connectivity index (χ0n) is 8.42. The van der Waals surface area contributed by atoms with Gasteiger partial charge in [-0.3, -0.25) is 4.79 Å². The summed E-state index contributed by atoms with van der Waals surface area (Å²) in [5.41, 5.74) is 0. The second-order valence-corrected chi connectivity index (χ2v) is 4.01.